The Morgan fingerprint density at radius 2 is 2.00 bits per heavy atom. The van der Waals surface area contributed by atoms with Gasteiger partial charge in [-0.2, -0.15) is 0 Å². The van der Waals surface area contributed by atoms with E-state index in [9.17, 15) is 18.4 Å². The number of likely N-dealkylation sites (tertiary alicyclic amines) is 1. The van der Waals surface area contributed by atoms with E-state index in [0.29, 0.717) is 50.4 Å². The van der Waals surface area contributed by atoms with Gasteiger partial charge >= 0.3 is 0 Å². The van der Waals surface area contributed by atoms with Crippen LogP contribution in [0.25, 0.3) is 0 Å². The normalized spacial score (nSPS) is 27.4. The molecule has 1 N–H and O–H groups in total. The molecule has 4 aliphatic rings. The average molecular weight is 554 g/mol. The molecule has 1 saturated carbocycles. The highest BCUT2D eigenvalue weighted by Crippen LogP contribution is 2.41. The molecule has 11 heteroatoms. The van der Waals surface area contributed by atoms with Gasteiger partial charge in [-0.15, -0.1) is 0 Å². The molecule has 1 aromatic carbocycles. The van der Waals surface area contributed by atoms with E-state index in [1.54, 1.807) is 17.2 Å². The van der Waals surface area contributed by atoms with Crippen molar-refractivity contribution in [1.82, 2.24) is 25.1 Å². The fraction of sp³-hybridized carbons (Fsp3) is 0.586. The Bertz CT molecular complexity index is 1290. The summed E-state index contributed by atoms with van der Waals surface area (Å²) in [5.41, 5.74) is 1.66. The molecule has 1 unspecified atom stereocenters. The molecule has 9 nitrogen and oxygen atoms in total. The Hall–Kier alpha value is -3.34. The van der Waals surface area contributed by atoms with Crippen LogP contribution in [-0.4, -0.2) is 94.6 Å². The first kappa shape index (κ1) is 26.9. The summed E-state index contributed by atoms with van der Waals surface area (Å²) in [5.74, 6) is -0.182. The number of rotatable bonds is 6. The van der Waals surface area contributed by atoms with Crippen LogP contribution in [0.3, 0.4) is 0 Å². The number of nitrogens with zero attached hydrogens (tertiary/aromatic N) is 6. The molecular formula is C29H37F2N7O2. The number of halogens is 2. The zero-order chi connectivity index (χ0) is 28.1. The van der Waals surface area contributed by atoms with Crippen LogP contribution in [0.15, 0.2) is 30.7 Å². The van der Waals surface area contributed by atoms with Crippen LogP contribution in [0.5, 0.6) is 0 Å². The smallest absolute Gasteiger partial charge is 0.256 e. The van der Waals surface area contributed by atoms with Crippen molar-refractivity contribution in [2.24, 2.45) is 5.92 Å². The highest BCUT2D eigenvalue weighted by atomic mass is 19.1. The predicted molar refractivity (Wildman–Crippen MR) is 148 cm³/mol. The topological polar surface area (TPSA) is 84.9 Å². The molecule has 2 bridgehead atoms. The Kier molecular flexibility index (Phi) is 7.10. The van der Waals surface area contributed by atoms with Crippen molar-refractivity contribution in [3.8, 4) is 0 Å². The van der Waals surface area contributed by atoms with E-state index >= 15 is 0 Å². The van der Waals surface area contributed by atoms with E-state index in [-0.39, 0.29) is 35.9 Å². The molecule has 4 heterocycles. The highest BCUT2D eigenvalue weighted by Gasteiger charge is 2.51. The molecule has 214 valence electrons. The van der Waals surface area contributed by atoms with Gasteiger partial charge in [-0.3, -0.25) is 9.59 Å². The van der Waals surface area contributed by atoms with Gasteiger partial charge in [-0.1, -0.05) is 0 Å². The maximum absolute atomic E-state index is 14.4. The molecule has 3 aliphatic heterocycles. The molecule has 6 rings (SSSR count). The number of benzene rings is 1. The van der Waals surface area contributed by atoms with Gasteiger partial charge in [0.05, 0.1) is 23.5 Å². The fourth-order valence-corrected chi connectivity index (χ4v) is 7.11. The molecule has 0 spiro atoms. The van der Waals surface area contributed by atoms with Crippen molar-refractivity contribution in [2.45, 2.75) is 70.4 Å². The largest absolute Gasteiger partial charge is 0.348 e. The second-order valence-electron chi connectivity index (χ2n) is 11.6. The van der Waals surface area contributed by atoms with E-state index in [4.69, 9.17) is 0 Å². The summed E-state index contributed by atoms with van der Waals surface area (Å²) in [4.78, 5) is 43.5. The van der Waals surface area contributed by atoms with Gasteiger partial charge in [0.25, 0.3) is 5.91 Å². The lowest BCUT2D eigenvalue weighted by molar-refractivity contribution is -0.134. The number of nitrogens with one attached hydrogen (secondary N) is 1. The minimum Gasteiger partial charge on any atom is -0.348 e. The summed E-state index contributed by atoms with van der Waals surface area (Å²) in [6, 6.07) is 4.05. The molecule has 2 saturated heterocycles. The molecule has 2 amide bonds. The van der Waals surface area contributed by atoms with Crippen LogP contribution in [0.2, 0.25) is 0 Å². The van der Waals surface area contributed by atoms with Crippen molar-refractivity contribution in [3.63, 3.8) is 0 Å². The van der Waals surface area contributed by atoms with Gasteiger partial charge in [0.15, 0.2) is 5.82 Å². The molecule has 5 atom stereocenters. The Morgan fingerprint density at radius 1 is 1.18 bits per heavy atom. The summed E-state index contributed by atoms with van der Waals surface area (Å²) >= 11 is 0. The third-order valence-corrected chi connectivity index (χ3v) is 9.06. The number of aromatic nitrogens is 2. The van der Waals surface area contributed by atoms with Crippen molar-refractivity contribution in [3.05, 3.63) is 42.1 Å². The van der Waals surface area contributed by atoms with Gasteiger partial charge in [-0.25, -0.2) is 18.7 Å². The minimum absolute atomic E-state index is 0.000931. The fourth-order valence-electron chi connectivity index (χ4n) is 7.11. The number of amides is 2. The Labute approximate surface area is 233 Å². The van der Waals surface area contributed by atoms with Gasteiger partial charge in [0.2, 0.25) is 5.91 Å². The maximum atomic E-state index is 14.4. The third-order valence-electron chi connectivity index (χ3n) is 9.06. The van der Waals surface area contributed by atoms with Crippen LogP contribution >= 0.6 is 0 Å². The van der Waals surface area contributed by atoms with E-state index in [0.717, 1.165) is 24.3 Å². The summed E-state index contributed by atoms with van der Waals surface area (Å²) < 4.78 is 28.8. The lowest BCUT2D eigenvalue weighted by Gasteiger charge is -2.41. The highest BCUT2D eigenvalue weighted by molar-refractivity contribution is 6.01. The van der Waals surface area contributed by atoms with Crippen molar-refractivity contribution < 1.29 is 18.4 Å². The SMILES string of the molecule is CCN(C(=O)c1cc(F)ccc1N1CCN([C@@H]2CCN(C(=O)[C@H]3NC4C[C@@H]3[C@H](F)C4)C2)c2ncncc21)C(C)C. The molecule has 2 aromatic rings. The predicted octanol–water partition coefficient (Wildman–Crippen LogP) is 3.13. The van der Waals surface area contributed by atoms with Crippen LogP contribution in [-0.2, 0) is 4.79 Å². The first-order valence-electron chi connectivity index (χ1n) is 14.4. The Balaban J connectivity index is 1.24. The van der Waals surface area contributed by atoms with Crippen LogP contribution in [0, 0.1) is 11.7 Å². The zero-order valence-electron chi connectivity index (χ0n) is 23.3. The monoisotopic (exact) mass is 553 g/mol. The van der Waals surface area contributed by atoms with Crippen LogP contribution in [0.1, 0.15) is 50.4 Å². The van der Waals surface area contributed by atoms with Crippen LogP contribution < -0.4 is 15.1 Å². The van der Waals surface area contributed by atoms with Crippen LogP contribution in [0.4, 0.5) is 26.0 Å². The quantitative estimate of drug-likeness (QED) is 0.589. The van der Waals surface area contributed by atoms with E-state index < -0.39 is 18.0 Å². The third kappa shape index (κ3) is 4.57. The maximum Gasteiger partial charge on any atom is 0.256 e. The number of fused-ring (bicyclic) bond motifs is 3. The van der Waals surface area contributed by atoms with Gasteiger partial charge in [0.1, 0.15) is 24.0 Å². The Morgan fingerprint density at radius 3 is 2.73 bits per heavy atom. The molecule has 40 heavy (non-hydrogen) atoms. The number of anilines is 3. The lowest BCUT2D eigenvalue weighted by atomic mass is 9.97. The zero-order valence-corrected chi connectivity index (χ0v) is 23.3. The number of hydrogen-bond donors (Lipinski definition) is 1. The molecule has 1 aliphatic carbocycles. The van der Waals surface area contributed by atoms with E-state index in [2.05, 4.69) is 20.2 Å². The first-order chi connectivity index (χ1) is 19.3. The van der Waals surface area contributed by atoms with Gasteiger partial charge in [0, 0.05) is 56.8 Å². The average Bonchev–Trinajstić information content (AvgIpc) is 3.68. The minimum atomic E-state index is -0.900. The standard InChI is InChI=1S/C29H37F2N7O2/c1-4-36(17(2)3)28(39)22-11-18(30)5-6-24(22)38-10-9-37(27-25(38)14-32-16-33-27)20-7-8-35(15-20)29(40)26-21-12-19(34-26)13-23(21)31/h5-6,11,14,16-17,19-21,23,26,34H,4,7-10,12-13,15H2,1-3H3/t19?,20-,21-,23-,26+/m1/s1. The summed E-state index contributed by atoms with van der Waals surface area (Å²) in [7, 11) is 0. The van der Waals surface area contributed by atoms with Gasteiger partial charge < -0.3 is 24.9 Å². The van der Waals surface area contributed by atoms with E-state index in [1.165, 1.54) is 18.5 Å². The summed E-state index contributed by atoms with van der Waals surface area (Å²) in [6.07, 6.45) is 4.36. The summed E-state index contributed by atoms with van der Waals surface area (Å²) in [5, 5.41) is 3.34. The number of carbonyl (C=O) groups is 2. The number of carbonyl (C=O) groups excluding carboxylic acids is 2. The summed E-state index contributed by atoms with van der Waals surface area (Å²) in [6.45, 7) is 8.65. The number of piperidine rings is 1. The molecular weight excluding hydrogens is 516 g/mol. The first-order valence-corrected chi connectivity index (χ1v) is 14.4. The van der Waals surface area contributed by atoms with E-state index in [1.807, 2.05) is 30.6 Å². The molecule has 1 aromatic heterocycles. The molecule has 3 fully saturated rings. The second-order valence-corrected chi connectivity index (χ2v) is 11.6. The van der Waals surface area contributed by atoms with Crippen molar-refractivity contribution in [1.29, 1.82) is 0 Å². The molecule has 0 radical (unpaired) electrons. The number of hydrogen-bond acceptors (Lipinski definition) is 7. The van der Waals surface area contributed by atoms with Gasteiger partial charge in [-0.05, 0) is 58.2 Å². The van der Waals surface area contributed by atoms with Crippen molar-refractivity contribution in [2.75, 3.05) is 42.5 Å². The number of alkyl halides is 1. The second kappa shape index (κ2) is 10.6. The van der Waals surface area contributed by atoms with Crippen molar-refractivity contribution >= 4 is 29.0 Å². The lowest BCUT2D eigenvalue weighted by Crippen LogP contribution is -2.52.